The molecule has 1 aliphatic heterocycles. The summed E-state index contributed by atoms with van der Waals surface area (Å²) >= 11 is 0. The summed E-state index contributed by atoms with van der Waals surface area (Å²) in [7, 11) is 0. The second kappa shape index (κ2) is 8.10. The lowest BCUT2D eigenvalue weighted by Crippen LogP contribution is -2.41. The van der Waals surface area contributed by atoms with Crippen LogP contribution >= 0.6 is 0 Å². The minimum absolute atomic E-state index is 0.132. The van der Waals surface area contributed by atoms with Gasteiger partial charge in [-0.1, -0.05) is 30.3 Å². The fourth-order valence-corrected chi connectivity index (χ4v) is 3.12. The van der Waals surface area contributed by atoms with E-state index in [1.165, 1.54) is 24.3 Å². The average Bonchev–Trinajstić information content (AvgIpc) is 2.94. The zero-order valence-corrected chi connectivity index (χ0v) is 14.5. The maximum Gasteiger partial charge on any atom is 0.253 e. The van der Waals surface area contributed by atoms with Crippen LogP contribution in [0.5, 0.6) is 0 Å². The highest BCUT2D eigenvalue weighted by Gasteiger charge is 2.26. The van der Waals surface area contributed by atoms with Gasteiger partial charge in [0.2, 0.25) is 5.91 Å². The van der Waals surface area contributed by atoms with Crippen LogP contribution in [-0.4, -0.2) is 47.8 Å². The molecule has 0 aromatic heterocycles. The van der Waals surface area contributed by atoms with E-state index in [4.69, 9.17) is 5.73 Å². The Morgan fingerprint density at radius 2 is 1.50 bits per heavy atom. The fraction of sp³-hybridized carbons (Fsp3) is 0.300. The smallest absolute Gasteiger partial charge is 0.253 e. The van der Waals surface area contributed by atoms with Gasteiger partial charge in [0.15, 0.2) is 0 Å². The molecule has 3 rings (SSSR count). The number of benzene rings is 2. The molecule has 1 heterocycles. The molecule has 2 N–H and O–H groups in total. The Bertz CT molecular complexity index is 764. The average molecular weight is 355 g/mol. The van der Waals surface area contributed by atoms with E-state index in [9.17, 15) is 14.0 Å². The van der Waals surface area contributed by atoms with Crippen LogP contribution in [0.1, 0.15) is 28.4 Å². The summed E-state index contributed by atoms with van der Waals surface area (Å²) < 4.78 is 13.0. The molecule has 26 heavy (non-hydrogen) atoms. The van der Waals surface area contributed by atoms with Crippen molar-refractivity contribution in [3.8, 4) is 0 Å². The van der Waals surface area contributed by atoms with Crippen molar-refractivity contribution in [3.05, 3.63) is 71.5 Å². The Balaban J connectivity index is 1.63. The number of nitrogens with two attached hydrogens (primary N) is 1. The lowest BCUT2D eigenvalue weighted by molar-refractivity contribution is -0.132. The number of carbonyl (C=O) groups excluding carboxylic acids is 2. The van der Waals surface area contributed by atoms with Gasteiger partial charge in [-0.15, -0.1) is 0 Å². The molecule has 136 valence electrons. The molecular weight excluding hydrogens is 333 g/mol. The Morgan fingerprint density at radius 1 is 0.885 bits per heavy atom. The first kappa shape index (κ1) is 18.1. The number of hydrogen-bond donors (Lipinski definition) is 1. The van der Waals surface area contributed by atoms with Crippen LogP contribution in [0, 0.1) is 5.82 Å². The molecule has 0 aliphatic carbocycles. The van der Waals surface area contributed by atoms with Crippen molar-refractivity contribution < 1.29 is 14.0 Å². The third-order valence-corrected chi connectivity index (χ3v) is 4.61. The Kier molecular flexibility index (Phi) is 5.63. The lowest BCUT2D eigenvalue weighted by atomic mass is 10.1. The largest absolute Gasteiger partial charge is 0.339 e. The normalized spacial score (nSPS) is 16.1. The summed E-state index contributed by atoms with van der Waals surface area (Å²) in [6, 6.07) is 14.1. The summed E-state index contributed by atoms with van der Waals surface area (Å²) in [5, 5.41) is 0. The molecule has 0 saturated carbocycles. The third kappa shape index (κ3) is 4.08. The van der Waals surface area contributed by atoms with Crippen LogP contribution in [0.15, 0.2) is 54.6 Å². The third-order valence-electron chi connectivity index (χ3n) is 4.61. The van der Waals surface area contributed by atoms with Crippen molar-refractivity contribution >= 4 is 11.8 Å². The molecule has 5 nitrogen and oxygen atoms in total. The monoisotopic (exact) mass is 355 g/mol. The second-order valence-corrected chi connectivity index (χ2v) is 6.37. The molecule has 1 aliphatic rings. The fourth-order valence-electron chi connectivity index (χ4n) is 3.12. The van der Waals surface area contributed by atoms with Gasteiger partial charge < -0.3 is 15.5 Å². The Morgan fingerprint density at radius 3 is 2.19 bits per heavy atom. The molecule has 0 bridgehead atoms. The van der Waals surface area contributed by atoms with Gasteiger partial charge in [-0.25, -0.2) is 4.39 Å². The van der Waals surface area contributed by atoms with Gasteiger partial charge in [0, 0.05) is 31.7 Å². The summed E-state index contributed by atoms with van der Waals surface area (Å²) in [5.74, 6) is -0.650. The van der Waals surface area contributed by atoms with Crippen molar-refractivity contribution in [2.45, 2.75) is 12.5 Å². The molecule has 1 atom stereocenters. The summed E-state index contributed by atoms with van der Waals surface area (Å²) in [6.07, 6.45) is 0.681. The van der Waals surface area contributed by atoms with E-state index in [0.29, 0.717) is 38.2 Å². The zero-order chi connectivity index (χ0) is 18.5. The van der Waals surface area contributed by atoms with E-state index in [2.05, 4.69) is 0 Å². The van der Waals surface area contributed by atoms with Gasteiger partial charge in [0.25, 0.3) is 5.91 Å². The van der Waals surface area contributed by atoms with Crippen LogP contribution in [0.3, 0.4) is 0 Å². The number of halogens is 1. The van der Waals surface area contributed by atoms with Gasteiger partial charge in [0.1, 0.15) is 11.9 Å². The van der Waals surface area contributed by atoms with Gasteiger partial charge in [-0.2, -0.15) is 0 Å². The quantitative estimate of drug-likeness (QED) is 0.918. The van der Waals surface area contributed by atoms with E-state index in [1.54, 1.807) is 9.80 Å². The summed E-state index contributed by atoms with van der Waals surface area (Å²) in [6.45, 7) is 1.99. The maximum absolute atomic E-state index is 13.0. The molecule has 2 aromatic rings. The topological polar surface area (TPSA) is 66.6 Å². The predicted molar refractivity (Wildman–Crippen MR) is 96.9 cm³/mol. The van der Waals surface area contributed by atoms with Crippen molar-refractivity contribution in [2.75, 3.05) is 26.2 Å². The molecule has 2 amide bonds. The van der Waals surface area contributed by atoms with Crippen LogP contribution in [0.25, 0.3) is 0 Å². The minimum atomic E-state index is -0.699. The van der Waals surface area contributed by atoms with Crippen molar-refractivity contribution in [2.24, 2.45) is 5.73 Å². The zero-order valence-electron chi connectivity index (χ0n) is 14.5. The number of amides is 2. The van der Waals surface area contributed by atoms with Crippen molar-refractivity contribution in [3.63, 3.8) is 0 Å². The molecular formula is C20H22FN3O2. The number of hydrogen-bond acceptors (Lipinski definition) is 3. The second-order valence-electron chi connectivity index (χ2n) is 6.37. The highest BCUT2D eigenvalue weighted by atomic mass is 19.1. The highest BCUT2D eigenvalue weighted by Crippen LogP contribution is 2.16. The van der Waals surface area contributed by atoms with Crippen LogP contribution in [0.2, 0.25) is 0 Å². The van der Waals surface area contributed by atoms with E-state index in [1.807, 2.05) is 30.3 Å². The number of carbonyl (C=O) groups is 2. The van der Waals surface area contributed by atoms with E-state index < -0.39 is 6.04 Å². The SMILES string of the molecule is NC(C(=O)N1CCCN(C(=O)c2ccc(F)cc2)CC1)c1ccccc1. The molecule has 1 unspecified atom stereocenters. The summed E-state index contributed by atoms with van der Waals surface area (Å²) in [5.41, 5.74) is 7.34. The first-order valence-corrected chi connectivity index (χ1v) is 8.70. The van der Waals surface area contributed by atoms with E-state index in [0.717, 1.165) is 5.56 Å². The molecule has 0 spiro atoms. The summed E-state index contributed by atoms with van der Waals surface area (Å²) in [4.78, 5) is 28.7. The van der Waals surface area contributed by atoms with Crippen LogP contribution < -0.4 is 5.73 Å². The van der Waals surface area contributed by atoms with Gasteiger partial charge >= 0.3 is 0 Å². The van der Waals surface area contributed by atoms with E-state index in [-0.39, 0.29) is 17.6 Å². The van der Waals surface area contributed by atoms with Crippen molar-refractivity contribution in [1.29, 1.82) is 0 Å². The molecule has 1 saturated heterocycles. The van der Waals surface area contributed by atoms with E-state index >= 15 is 0 Å². The van der Waals surface area contributed by atoms with Crippen LogP contribution in [-0.2, 0) is 4.79 Å². The first-order valence-electron chi connectivity index (χ1n) is 8.70. The first-order chi connectivity index (χ1) is 12.6. The van der Waals surface area contributed by atoms with Gasteiger partial charge in [-0.05, 0) is 36.2 Å². The van der Waals surface area contributed by atoms with Crippen LogP contribution in [0.4, 0.5) is 4.39 Å². The van der Waals surface area contributed by atoms with Gasteiger partial charge in [-0.3, -0.25) is 9.59 Å². The Labute approximate surface area is 152 Å². The maximum atomic E-state index is 13.0. The molecule has 0 radical (unpaired) electrons. The highest BCUT2D eigenvalue weighted by molar-refractivity contribution is 5.94. The van der Waals surface area contributed by atoms with Gasteiger partial charge in [0.05, 0.1) is 0 Å². The molecule has 1 fully saturated rings. The molecule has 6 heteroatoms. The lowest BCUT2D eigenvalue weighted by Gasteiger charge is -2.25. The number of rotatable bonds is 3. The standard InChI is InChI=1S/C20H22FN3O2/c21-17-9-7-16(8-10-17)19(25)23-11-4-12-24(14-13-23)20(26)18(22)15-5-2-1-3-6-15/h1-3,5-10,18H,4,11-14,22H2. The number of nitrogens with zero attached hydrogens (tertiary/aromatic N) is 2. The van der Waals surface area contributed by atoms with Crippen molar-refractivity contribution in [1.82, 2.24) is 9.80 Å². The minimum Gasteiger partial charge on any atom is -0.339 e. The molecule has 2 aromatic carbocycles. The predicted octanol–water partition coefficient (Wildman–Crippen LogP) is 2.20. The Hall–Kier alpha value is -2.73.